The Morgan fingerprint density at radius 3 is 2.49 bits per heavy atom. The first-order valence-electron chi connectivity index (χ1n) is 13.0. The van der Waals surface area contributed by atoms with Crippen molar-refractivity contribution in [2.24, 2.45) is 5.41 Å². The lowest BCUT2D eigenvalue weighted by Gasteiger charge is -2.40. The Labute approximate surface area is 218 Å². The first-order chi connectivity index (χ1) is 17.4. The number of fused-ring (bicyclic) bond motifs is 6. The van der Waals surface area contributed by atoms with Crippen molar-refractivity contribution in [3.63, 3.8) is 0 Å². The predicted molar refractivity (Wildman–Crippen MR) is 143 cm³/mol. The third-order valence-corrected chi connectivity index (χ3v) is 8.85. The summed E-state index contributed by atoms with van der Waals surface area (Å²) in [4.78, 5) is 24.4. The van der Waals surface area contributed by atoms with E-state index < -0.39 is 21.2 Å². The second kappa shape index (κ2) is 10.5. The number of unbranched alkanes of at least 4 members (excludes halogenated alkanes) is 4. The molecule has 9 heteroatoms. The molecule has 0 spiro atoms. The third kappa shape index (κ3) is 5.71. The fourth-order valence-electron chi connectivity index (χ4n) is 5.99. The van der Waals surface area contributed by atoms with Gasteiger partial charge in [0.25, 0.3) is 0 Å². The quantitative estimate of drug-likeness (QED) is 0.404. The average molecular weight is 532 g/mol. The van der Waals surface area contributed by atoms with Gasteiger partial charge in [-0.05, 0) is 48.8 Å². The van der Waals surface area contributed by atoms with E-state index in [1.165, 1.54) is 18.5 Å². The van der Waals surface area contributed by atoms with Crippen LogP contribution < -0.4 is 14.9 Å². The van der Waals surface area contributed by atoms with E-state index in [9.17, 15) is 23.1 Å². The maximum atomic E-state index is 12.7. The van der Waals surface area contributed by atoms with E-state index in [0.717, 1.165) is 49.7 Å². The number of hydrogen-bond donors (Lipinski definition) is 1. The molecule has 0 amide bonds. The number of pyridine rings is 1. The van der Waals surface area contributed by atoms with Crippen LogP contribution in [0.15, 0.2) is 29.2 Å². The molecule has 8 nitrogen and oxygen atoms in total. The molecule has 2 heterocycles. The van der Waals surface area contributed by atoms with Crippen LogP contribution in [0.2, 0.25) is 0 Å². The molecule has 37 heavy (non-hydrogen) atoms. The number of hydrogen-bond acceptors (Lipinski definition) is 6. The van der Waals surface area contributed by atoms with Crippen molar-refractivity contribution in [2.45, 2.75) is 70.8 Å². The Bertz CT molecular complexity index is 1340. The highest BCUT2D eigenvalue weighted by atomic mass is 32.2. The van der Waals surface area contributed by atoms with Gasteiger partial charge in [-0.2, -0.15) is 0 Å². The van der Waals surface area contributed by atoms with Gasteiger partial charge in [0.2, 0.25) is 0 Å². The largest absolute Gasteiger partial charge is 0.493 e. The summed E-state index contributed by atoms with van der Waals surface area (Å²) < 4.78 is 36.3. The third-order valence-electron chi connectivity index (χ3n) is 7.82. The molecule has 1 aromatic carbocycles. The van der Waals surface area contributed by atoms with Gasteiger partial charge >= 0.3 is 5.97 Å². The summed E-state index contributed by atoms with van der Waals surface area (Å²) in [5, 5.41) is 9.57. The van der Waals surface area contributed by atoms with Crippen molar-refractivity contribution in [2.75, 3.05) is 25.7 Å². The Kier molecular flexibility index (Phi) is 7.74. The first kappa shape index (κ1) is 27.2. The Balaban J connectivity index is 1.57. The fourth-order valence-corrected chi connectivity index (χ4v) is 6.71. The minimum Gasteiger partial charge on any atom is -0.493 e. The molecule has 202 valence electrons. The van der Waals surface area contributed by atoms with Crippen molar-refractivity contribution in [3.05, 3.63) is 45.7 Å². The van der Waals surface area contributed by atoms with Crippen LogP contribution >= 0.6 is 0 Å². The normalized spacial score (nSPS) is 19.6. The van der Waals surface area contributed by atoms with Gasteiger partial charge in [-0.1, -0.05) is 33.1 Å². The molecule has 2 aromatic rings. The molecule has 0 bridgehead atoms. The number of methoxy groups -OCH3 is 1. The van der Waals surface area contributed by atoms with Crippen LogP contribution in [-0.2, 0) is 9.84 Å². The van der Waals surface area contributed by atoms with Crippen LogP contribution in [0.4, 0.5) is 0 Å². The molecule has 1 fully saturated rings. The number of nitrogens with zero attached hydrogens (tertiary/aromatic N) is 1. The molecular formula is C28H37NO7S. The molecule has 1 saturated carbocycles. The second-order valence-electron chi connectivity index (χ2n) is 11.1. The van der Waals surface area contributed by atoms with Gasteiger partial charge in [-0.25, -0.2) is 13.2 Å². The number of aromatic carboxylic acids is 1. The van der Waals surface area contributed by atoms with E-state index in [2.05, 4.69) is 13.8 Å². The summed E-state index contributed by atoms with van der Waals surface area (Å²) in [6.07, 6.45) is 9.07. The molecule has 0 unspecified atom stereocenters. The summed E-state index contributed by atoms with van der Waals surface area (Å²) in [7, 11) is -1.31. The molecule has 1 N–H and O–H groups in total. The number of aromatic nitrogens is 1. The number of carbonyl (C=O) groups is 1. The molecule has 2 atom stereocenters. The van der Waals surface area contributed by atoms with E-state index in [-0.39, 0.29) is 28.7 Å². The van der Waals surface area contributed by atoms with Gasteiger partial charge in [0.15, 0.2) is 16.9 Å². The SMILES string of the molecule is COc1cc2c(cc1OCCCCCCCS(C)(=O)=O)[C@H]1CCC(C)(C)[C@H]1n1cc(C(=O)O)c(=O)cc1-2. The van der Waals surface area contributed by atoms with Crippen molar-refractivity contribution < 1.29 is 27.8 Å². The van der Waals surface area contributed by atoms with Crippen molar-refractivity contribution in [3.8, 4) is 22.8 Å². The van der Waals surface area contributed by atoms with E-state index in [0.29, 0.717) is 30.2 Å². The zero-order valence-corrected chi connectivity index (χ0v) is 22.9. The summed E-state index contributed by atoms with van der Waals surface area (Å²) in [6, 6.07) is 5.42. The van der Waals surface area contributed by atoms with Gasteiger partial charge < -0.3 is 19.1 Å². The number of ether oxygens (including phenoxy) is 2. The number of sulfone groups is 1. The van der Waals surface area contributed by atoms with E-state index in [1.807, 2.05) is 16.7 Å². The number of carboxylic acids is 1. The first-order valence-corrected chi connectivity index (χ1v) is 15.0. The van der Waals surface area contributed by atoms with Gasteiger partial charge in [0, 0.05) is 41.8 Å². The lowest BCUT2D eigenvalue weighted by molar-refractivity contribution is 0.0693. The summed E-state index contributed by atoms with van der Waals surface area (Å²) >= 11 is 0. The average Bonchev–Trinajstić information content (AvgIpc) is 3.14. The summed E-state index contributed by atoms with van der Waals surface area (Å²) in [6.45, 7) is 4.92. The molecule has 2 aliphatic rings. The van der Waals surface area contributed by atoms with Crippen molar-refractivity contribution in [1.29, 1.82) is 0 Å². The molecule has 1 aliphatic carbocycles. The second-order valence-corrected chi connectivity index (χ2v) is 13.3. The van der Waals surface area contributed by atoms with Crippen LogP contribution in [0.5, 0.6) is 11.5 Å². The smallest absolute Gasteiger partial charge is 0.341 e. The Morgan fingerprint density at radius 2 is 1.81 bits per heavy atom. The highest BCUT2D eigenvalue weighted by Crippen LogP contribution is 2.59. The topological polar surface area (TPSA) is 112 Å². The summed E-state index contributed by atoms with van der Waals surface area (Å²) in [5.74, 6) is 0.436. The van der Waals surface area contributed by atoms with Crippen LogP contribution in [-0.4, -0.2) is 49.8 Å². The van der Waals surface area contributed by atoms with Crippen LogP contribution in [0.1, 0.15) is 86.7 Å². The maximum Gasteiger partial charge on any atom is 0.341 e. The van der Waals surface area contributed by atoms with E-state index in [1.54, 1.807) is 7.11 Å². The predicted octanol–water partition coefficient (Wildman–Crippen LogP) is 5.05. The lowest BCUT2D eigenvalue weighted by Crippen LogP contribution is -2.32. The highest BCUT2D eigenvalue weighted by Gasteiger charge is 2.47. The number of benzene rings is 1. The maximum absolute atomic E-state index is 12.7. The molecular weight excluding hydrogens is 494 g/mol. The minimum absolute atomic E-state index is 0.0295. The van der Waals surface area contributed by atoms with Crippen molar-refractivity contribution in [1.82, 2.24) is 4.57 Å². The highest BCUT2D eigenvalue weighted by molar-refractivity contribution is 7.90. The summed E-state index contributed by atoms with van der Waals surface area (Å²) in [5.41, 5.74) is 1.91. The van der Waals surface area contributed by atoms with Gasteiger partial charge in [0.1, 0.15) is 15.4 Å². The number of carboxylic acid groups (broad SMARTS) is 1. The Hall–Kier alpha value is -2.81. The number of rotatable bonds is 11. The Morgan fingerprint density at radius 1 is 1.11 bits per heavy atom. The molecule has 1 aromatic heterocycles. The van der Waals surface area contributed by atoms with Crippen molar-refractivity contribution >= 4 is 15.8 Å². The molecule has 4 rings (SSSR count). The van der Waals surface area contributed by atoms with Crippen LogP contribution in [0.25, 0.3) is 11.3 Å². The monoisotopic (exact) mass is 531 g/mol. The van der Waals surface area contributed by atoms with Crippen LogP contribution in [0.3, 0.4) is 0 Å². The lowest BCUT2D eigenvalue weighted by atomic mass is 9.77. The van der Waals surface area contributed by atoms with Crippen LogP contribution in [0, 0.1) is 5.41 Å². The van der Waals surface area contributed by atoms with Gasteiger partial charge in [-0.15, -0.1) is 0 Å². The van der Waals surface area contributed by atoms with E-state index >= 15 is 0 Å². The minimum atomic E-state index is -2.90. The molecule has 1 aliphatic heterocycles. The molecule has 0 radical (unpaired) electrons. The zero-order chi connectivity index (χ0) is 27.0. The zero-order valence-electron chi connectivity index (χ0n) is 22.1. The van der Waals surface area contributed by atoms with Gasteiger partial charge in [0.05, 0.1) is 19.4 Å². The standard InChI is InChI=1S/C28H37NO7S/c1-28(2)11-10-18-19-14-25(36-12-8-6-5-7-9-13-37(4,33)34)24(35-3)15-20(19)22-16-23(30)21(27(31)32)17-29(22)26(18)28/h14-18,26H,5-13H2,1-4H3,(H,31,32)/t18-,26+/m1/s1. The fraction of sp³-hybridized carbons (Fsp3) is 0.571. The van der Waals surface area contributed by atoms with E-state index in [4.69, 9.17) is 9.47 Å². The molecule has 0 saturated heterocycles. The van der Waals surface area contributed by atoms with Gasteiger partial charge in [-0.3, -0.25) is 4.79 Å².